The minimum Gasteiger partial charge on any atom is -0.507 e. The number of rotatable bonds is 4. The van der Waals surface area contributed by atoms with Crippen molar-refractivity contribution in [1.29, 1.82) is 0 Å². The van der Waals surface area contributed by atoms with Crippen LogP contribution in [0, 0.1) is 0 Å². The van der Waals surface area contributed by atoms with Crippen LogP contribution in [0.4, 0.5) is 0 Å². The monoisotopic (exact) mass is 592 g/mol. The van der Waals surface area contributed by atoms with Crippen molar-refractivity contribution in [2.24, 2.45) is 0 Å². The normalized spacial score (nSPS) is 20.9. The number of phenols is 8. The van der Waals surface area contributed by atoms with E-state index < -0.39 is 47.4 Å². The summed E-state index contributed by atoms with van der Waals surface area (Å²) in [6, 6.07) is 9.94. The van der Waals surface area contributed by atoms with Crippen LogP contribution in [-0.2, 0) is 19.3 Å². The first kappa shape index (κ1) is 27.9. The fourth-order valence-corrected chi connectivity index (χ4v) is 5.69. The Morgan fingerprint density at radius 1 is 0.488 bits per heavy atom. The van der Waals surface area contributed by atoms with Crippen LogP contribution in [0.25, 0.3) is 0 Å². The van der Waals surface area contributed by atoms with Gasteiger partial charge in [0, 0.05) is 53.6 Å². The minimum absolute atomic E-state index is 0.0115. The van der Waals surface area contributed by atoms with Crippen LogP contribution in [0.15, 0.2) is 48.5 Å². The molecule has 0 fully saturated rings. The molecule has 0 amide bonds. The number of hydrogen-bond donors (Lipinski definition) is 10. The van der Waals surface area contributed by atoms with Crippen molar-refractivity contribution in [2.45, 2.75) is 43.7 Å². The Bertz CT molecular complexity index is 1620. The largest absolute Gasteiger partial charge is 0.507 e. The molecule has 4 aromatic rings. The maximum Gasteiger partial charge on any atom is 0.157 e. The zero-order chi connectivity index (χ0) is 30.7. The number of aliphatic hydroxyl groups excluding tert-OH is 2. The molecule has 0 aromatic heterocycles. The number of hydrogen-bond acceptors (Lipinski definition) is 12. The Morgan fingerprint density at radius 3 is 1.26 bits per heavy atom. The highest BCUT2D eigenvalue weighted by molar-refractivity contribution is 5.64. The van der Waals surface area contributed by atoms with Gasteiger partial charge in [-0.15, -0.1) is 0 Å². The van der Waals surface area contributed by atoms with Gasteiger partial charge in [-0.25, -0.2) is 0 Å². The highest BCUT2D eigenvalue weighted by Crippen LogP contribution is 2.51. The fourth-order valence-electron chi connectivity index (χ4n) is 5.69. The molecule has 4 aromatic carbocycles. The van der Waals surface area contributed by atoms with Gasteiger partial charge in [-0.2, -0.15) is 0 Å². The van der Waals surface area contributed by atoms with Gasteiger partial charge in [0.2, 0.25) is 0 Å². The molecule has 4 atom stereocenters. The quantitative estimate of drug-likeness (QED) is 0.155. The average Bonchev–Trinajstić information content (AvgIpc) is 2.95. The number of phenolic OH excluding ortho intramolecular Hbond substituents is 8. The predicted molar refractivity (Wildman–Crippen MR) is 148 cm³/mol. The lowest BCUT2D eigenvalue weighted by Crippen LogP contribution is -2.31. The fraction of sp³-hybridized carbons (Fsp3) is 0.226. The molecule has 2 aliphatic rings. The Kier molecular flexibility index (Phi) is 6.67. The summed E-state index contributed by atoms with van der Waals surface area (Å²) in [6.07, 6.45) is -4.96. The second-order valence-electron chi connectivity index (χ2n) is 10.7. The molecule has 43 heavy (non-hydrogen) atoms. The molecule has 12 heteroatoms. The molecule has 0 spiro atoms. The van der Waals surface area contributed by atoms with Gasteiger partial charge in [0.1, 0.15) is 46.7 Å². The summed E-state index contributed by atoms with van der Waals surface area (Å²) in [7, 11) is 0. The van der Waals surface area contributed by atoms with Crippen LogP contribution in [-0.4, -0.2) is 63.3 Å². The molecule has 0 saturated heterocycles. The molecule has 10 N–H and O–H groups in total. The molecular weight excluding hydrogens is 564 g/mol. The van der Waals surface area contributed by atoms with E-state index in [1.165, 1.54) is 36.4 Å². The zero-order valence-corrected chi connectivity index (χ0v) is 22.3. The van der Waals surface area contributed by atoms with Crippen LogP contribution in [0.5, 0.6) is 57.5 Å². The van der Waals surface area contributed by atoms with Gasteiger partial charge in [-0.1, -0.05) is 12.1 Å². The van der Waals surface area contributed by atoms with Crippen molar-refractivity contribution >= 4 is 0 Å². The molecule has 224 valence electrons. The van der Waals surface area contributed by atoms with Gasteiger partial charge in [-0.05, 0) is 35.4 Å². The third-order valence-electron chi connectivity index (χ3n) is 7.90. The van der Waals surface area contributed by atoms with Gasteiger partial charge >= 0.3 is 0 Å². The van der Waals surface area contributed by atoms with E-state index in [4.69, 9.17) is 9.47 Å². The second-order valence-corrected chi connectivity index (χ2v) is 10.7. The first-order chi connectivity index (χ1) is 20.4. The molecule has 12 nitrogen and oxygen atoms in total. The topological polar surface area (TPSA) is 221 Å². The van der Waals surface area contributed by atoms with Crippen molar-refractivity contribution in [1.82, 2.24) is 0 Å². The summed E-state index contributed by atoms with van der Waals surface area (Å²) < 4.78 is 12.2. The molecule has 0 radical (unpaired) electrons. The Morgan fingerprint density at radius 2 is 0.884 bits per heavy atom. The van der Waals surface area contributed by atoms with E-state index in [0.29, 0.717) is 11.1 Å². The van der Waals surface area contributed by atoms with Crippen LogP contribution in [0.2, 0.25) is 0 Å². The van der Waals surface area contributed by atoms with Crippen LogP contribution in [0.1, 0.15) is 45.6 Å². The maximum atomic E-state index is 11.0. The molecule has 0 bridgehead atoms. The summed E-state index contributed by atoms with van der Waals surface area (Å²) in [4.78, 5) is 0. The Labute approximate surface area is 243 Å². The van der Waals surface area contributed by atoms with Crippen LogP contribution < -0.4 is 9.47 Å². The van der Waals surface area contributed by atoms with E-state index >= 15 is 0 Å². The van der Waals surface area contributed by atoms with E-state index in [9.17, 15) is 51.1 Å². The van der Waals surface area contributed by atoms with Gasteiger partial charge in [-0.3, -0.25) is 0 Å². The van der Waals surface area contributed by atoms with Gasteiger partial charge in [0.25, 0.3) is 0 Å². The molecule has 0 aliphatic carbocycles. The second kappa shape index (κ2) is 10.3. The van der Waals surface area contributed by atoms with Crippen molar-refractivity contribution in [3.8, 4) is 57.5 Å². The lowest BCUT2D eigenvalue weighted by atomic mass is 9.88. The predicted octanol–water partition coefficient (Wildman–Crippen LogP) is 3.00. The van der Waals surface area contributed by atoms with Gasteiger partial charge in [0.05, 0.1) is 12.2 Å². The Hall–Kier alpha value is -5.20. The van der Waals surface area contributed by atoms with Crippen molar-refractivity contribution in [3.05, 3.63) is 81.9 Å². The standard InChI is InChI=1S/C31H28O12/c32-18-3-1-12(5-24(18)38)28-26(40)8-16-22(36)10-20(34)14(30(16)42-28)7-15-21(35)11-23(37)17-9-27(41)29(43-31(15)17)13-2-4-19(33)25(39)6-13/h1-6,10-11,26-29,32-41H,7-9H2. The SMILES string of the molecule is Oc1ccc(C2Oc3c(Cc4c(O)cc(O)c5c4OC(c4ccc(O)c(O)c4)C(O)C5)c(O)cc(O)c3CC2O)cc1O. The van der Waals surface area contributed by atoms with Gasteiger partial charge < -0.3 is 60.5 Å². The summed E-state index contributed by atoms with van der Waals surface area (Å²) in [6.45, 7) is 0. The van der Waals surface area contributed by atoms with Crippen molar-refractivity contribution in [2.75, 3.05) is 0 Å². The number of ether oxygens (including phenoxy) is 2. The van der Waals surface area contributed by atoms with E-state index in [1.54, 1.807) is 0 Å². The molecule has 4 unspecified atom stereocenters. The third kappa shape index (κ3) is 4.76. The third-order valence-corrected chi connectivity index (χ3v) is 7.90. The lowest BCUT2D eigenvalue weighted by molar-refractivity contribution is 0.0181. The number of aliphatic hydroxyl groups is 2. The highest BCUT2D eigenvalue weighted by atomic mass is 16.5. The van der Waals surface area contributed by atoms with E-state index in [0.717, 1.165) is 12.1 Å². The lowest BCUT2D eigenvalue weighted by Gasteiger charge is -2.34. The number of fused-ring (bicyclic) bond motifs is 2. The molecule has 0 saturated carbocycles. The highest BCUT2D eigenvalue weighted by Gasteiger charge is 2.38. The molecule has 6 rings (SSSR count). The van der Waals surface area contributed by atoms with E-state index in [2.05, 4.69) is 0 Å². The zero-order valence-electron chi connectivity index (χ0n) is 22.3. The molecule has 2 aliphatic heterocycles. The Balaban J connectivity index is 1.43. The van der Waals surface area contributed by atoms with Crippen LogP contribution >= 0.6 is 0 Å². The number of benzene rings is 4. The van der Waals surface area contributed by atoms with Crippen molar-refractivity contribution in [3.63, 3.8) is 0 Å². The van der Waals surface area contributed by atoms with Crippen molar-refractivity contribution < 1.29 is 60.5 Å². The summed E-state index contributed by atoms with van der Waals surface area (Å²) in [5, 5.41) is 104. The first-order valence-corrected chi connectivity index (χ1v) is 13.3. The van der Waals surface area contributed by atoms with E-state index in [1.807, 2.05) is 0 Å². The molecule has 2 heterocycles. The number of aromatic hydroxyl groups is 8. The summed E-state index contributed by atoms with van der Waals surface area (Å²) in [5.41, 5.74) is 1.18. The molecular formula is C31H28O12. The van der Waals surface area contributed by atoms with Crippen LogP contribution in [0.3, 0.4) is 0 Å². The smallest absolute Gasteiger partial charge is 0.157 e. The minimum atomic E-state index is -1.18. The summed E-state index contributed by atoms with van der Waals surface area (Å²) in [5.74, 6) is -3.09. The van der Waals surface area contributed by atoms with E-state index in [-0.39, 0.29) is 76.0 Å². The maximum absolute atomic E-state index is 11.0. The van der Waals surface area contributed by atoms with Gasteiger partial charge in [0.15, 0.2) is 23.0 Å². The first-order valence-electron chi connectivity index (χ1n) is 13.3. The average molecular weight is 593 g/mol. The summed E-state index contributed by atoms with van der Waals surface area (Å²) >= 11 is 0.